The topological polar surface area (TPSA) is 99.4 Å². The van der Waals surface area contributed by atoms with E-state index in [-0.39, 0.29) is 23.4 Å². The van der Waals surface area contributed by atoms with Gasteiger partial charge >= 0.3 is 5.97 Å². The van der Waals surface area contributed by atoms with Crippen molar-refractivity contribution in [2.75, 3.05) is 11.9 Å². The van der Waals surface area contributed by atoms with Gasteiger partial charge in [0.1, 0.15) is 11.8 Å². The fraction of sp³-hybridized carbons (Fsp3) is 0.118. The van der Waals surface area contributed by atoms with Crippen LogP contribution < -0.4 is 5.32 Å². The summed E-state index contributed by atoms with van der Waals surface area (Å²) >= 11 is 5.82. The van der Waals surface area contributed by atoms with E-state index in [0.717, 1.165) is 0 Å². The van der Waals surface area contributed by atoms with Gasteiger partial charge in [0.25, 0.3) is 5.91 Å². The Kier molecular flexibility index (Phi) is 5.77. The van der Waals surface area contributed by atoms with E-state index in [1.54, 1.807) is 12.1 Å². The highest BCUT2D eigenvalue weighted by Crippen LogP contribution is 2.20. The predicted molar refractivity (Wildman–Crippen MR) is 87.6 cm³/mol. The molecular formula is C17H13ClN2O4. The summed E-state index contributed by atoms with van der Waals surface area (Å²) in [5.74, 6) is -1.06. The second-order valence-corrected chi connectivity index (χ2v) is 5.29. The number of esters is 1. The van der Waals surface area contributed by atoms with Crippen molar-refractivity contribution < 1.29 is 19.4 Å². The molecule has 0 atom stereocenters. The van der Waals surface area contributed by atoms with E-state index in [1.807, 2.05) is 6.07 Å². The van der Waals surface area contributed by atoms with Gasteiger partial charge in [0.05, 0.1) is 17.7 Å². The molecule has 0 radical (unpaired) electrons. The van der Waals surface area contributed by atoms with Crippen LogP contribution in [0.5, 0.6) is 5.75 Å². The molecule has 2 aromatic rings. The van der Waals surface area contributed by atoms with E-state index >= 15 is 0 Å². The summed E-state index contributed by atoms with van der Waals surface area (Å²) in [6, 6.07) is 12.5. The molecule has 0 aliphatic rings. The van der Waals surface area contributed by atoms with Crippen LogP contribution in [0.4, 0.5) is 5.69 Å². The van der Waals surface area contributed by atoms with Crippen LogP contribution in [0, 0.1) is 11.3 Å². The van der Waals surface area contributed by atoms with Gasteiger partial charge in [0, 0.05) is 5.02 Å². The largest absolute Gasteiger partial charge is 0.508 e. The molecule has 6 nitrogen and oxygen atoms in total. The third-order valence-corrected chi connectivity index (χ3v) is 3.26. The Morgan fingerprint density at radius 2 is 1.92 bits per heavy atom. The minimum Gasteiger partial charge on any atom is -0.508 e. The van der Waals surface area contributed by atoms with E-state index in [2.05, 4.69) is 5.32 Å². The summed E-state index contributed by atoms with van der Waals surface area (Å²) in [5, 5.41) is 21.0. The molecule has 0 spiro atoms. The lowest BCUT2D eigenvalue weighted by Crippen LogP contribution is -2.22. The minimum absolute atomic E-state index is 0.0197. The maximum Gasteiger partial charge on any atom is 0.310 e. The Morgan fingerprint density at radius 1 is 1.21 bits per heavy atom. The van der Waals surface area contributed by atoms with Crippen LogP contribution in [0.1, 0.15) is 11.1 Å². The molecule has 0 bridgehead atoms. The summed E-state index contributed by atoms with van der Waals surface area (Å²) in [6.07, 6.45) is -0.0197. The maximum absolute atomic E-state index is 11.8. The van der Waals surface area contributed by atoms with Crippen LogP contribution >= 0.6 is 11.6 Å². The molecule has 0 heterocycles. The summed E-state index contributed by atoms with van der Waals surface area (Å²) in [5.41, 5.74) is 1.16. The van der Waals surface area contributed by atoms with Crippen LogP contribution in [0.3, 0.4) is 0 Å². The maximum atomic E-state index is 11.8. The number of nitriles is 1. The van der Waals surface area contributed by atoms with Crippen LogP contribution in [0.25, 0.3) is 0 Å². The summed E-state index contributed by atoms with van der Waals surface area (Å²) < 4.78 is 4.88. The first kappa shape index (κ1) is 17.3. The smallest absolute Gasteiger partial charge is 0.310 e. The number of carbonyl (C=O) groups excluding carboxylic acids is 2. The number of hydrogen-bond donors (Lipinski definition) is 2. The van der Waals surface area contributed by atoms with Gasteiger partial charge in [-0.05, 0) is 35.9 Å². The van der Waals surface area contributed by atoms with E-state index in [9.17, 15) is 9.59 Å². The Balaban J connectivity index is 1.87. The fourth-order valence-corrected chi connectivity index (χ4v) is 2.05. The molecule has 24 heavy (non-hydrogen) atoms. The molecule has 0 saturated carbocycles. The van der Waals surface area contributed by atoms with Crippen molar-refractivity contribution >= 4 is 29.2 Å². The van der Waals surface area contributed by atoms with E-state index in [4.69, 9.17) is 26.7 Å². The number of hydrogen-bond acceptors (Lipinski definition) is 5. The molecule has 7 heteroatoms. The molecule has 0 saturated heterocycles. The number of benzene rings is 2. The SMILES string of the molecule is N#Cc1ccc(Cl)cc1NC(=O)COC(=O)Cc1ccc(O)cc1. The van der Waals surface area contributed by atoms with Gasteiger partial charge < -0.3 is 15.2 Å². The number of halogens is 1. The van der Waals surface area contributed by atoms with Gasteiger partial charge in [0.2, 0.25) is 0 Å². The number of nitrogens with one attached hydrogen (secondary N) is 1. The Bertz CT molecular complexity index is 797. The Hall–Kier alpha value is -3.04. The van der Waals surface area contributed by atoms with Crippen molar-refractivity contribution in [3.63, 3.8) is 0 Å². The van der Waals surface area contributed by atoms with Crippen molar-refractivity contribution in [1.29, 1.82) is 5.26 Å². The van der Waals surface area contributed by atoms with Crippen LogP contribution in [0.2, 0.25) is 5.02 Å². The lowest BCUT2D eigenvalue weighted by Gasteiger charge is -2.08. The number of anilines is 1. The van der Waals surface area contributed by atoms with Gasteiger partial charge in [-0.25, -0.2) is 0 Å². The second-order valence-electron chi connectivity index (χ2n) is 4.85. The first-order valence-corrected chi connectivity index (χ1v) is 7.29. The van der Waals surface area contributed by atoms with E-state index in [0.29, 0.717) is 10.6 Å². The molecule has 0 fully saturated rings. The van der Waals surface area contributed by atoms with Gasteiger partial charge in [0.15, 0.2) is 6.61 Å². The zero-order valence-corrected chi connectivity index (χ0v) is 13.2. The monoisotopic (exact) mass is 344 g/mol. The molecule has 0 aliphatic carbocycles. The zero-order chi connectivity index (χ0) is 17.5. The van der Waals surface area contributed by atoms with Gasteiger partial charge in [-0.2, -0.15) is 5.26 Å². The second kappa shape index (κ2) is 7.99. The number of nitrogens with zero attached hydrogens (tertiary/aromatic N) is 1. The van der Waals surface area contributed by atoms with Gasteiger partial charge in [-0.3, -0.25) is 9.59 Å². The van der Waals surface area contributed by atoms with Crippen LogP contribution in [-0.2, 0) is 20.7 Å². The molecule has 0 aromatic heterocycles. The molecule has 0 aliphatic heterocycles. The molecular weight excluding hydrogens is 332 g/mol. The van der Waals surface area contributed by atoms with Crippen molar-refractivity contribution in [2.24, 2.45) is 0 Å². The highest BCUT2D eigenvalue weighted by molar-refractivity contribution is 6.31. The summed E-state index contributed by atoms with van der Waals surface area (Å²) in [4.78, 5) is 23.5. The Morgan fingerprint density at radius 3 is 2.58 bits per heavy atom. The highest BCUT2D eigenvalue weighted by Gasteiger charge is 2.11. The van der Waals surface area contributed by atoms with Crippen molar-refractivity contribution in [2.45, 2.75) is 6.42 Å². The predicted octanol–water partition coefficient (Wildman–Crippen LogP) is 2.64. The average Bonchev–Trinajstić information content (AvgIpc) is 2.55. The first-order valence-electron chi connectivity index (χ1n) is 6.91. The molecule has 0 unspecified atom stereocenters. The molecule has 122 valence electrons. The van der Waals surface area contributed by atoms with Gasteiger partial charge in [-0.1, -0.05) is 23.7 Å². The van der Waals surface area contributed by atoms with Crippen LogP contribution in [0.15, 0.2) is 42.5 Å². The summed E-state index contributed by atoms with van der Waals surface area (Å²) in [6.45, 7) is -0.478. The molecule has 2 rings (SSSR count). The quantitative estimate of drug-likeness (QED) is 0.812. The Labute approximate surface area is 143 Å². The van der Waals surface area contributed by atoms with E-state index < -0.39 is 18.5 Å². The van der Waals surface area contributed by atoms with Crippen LogP contribution in [-0.4, -0.2) is 23.6 Å². The van der Waals surface area contributed by atoms with Gasteiger partial charge in [-0.15, -0.1) is 0 Å². The number of rotatable bonds is 5. The highest BCUT2D eigenvalue weighted by atomic mass is 35.5. The molecule has 1 amide bonds. The standard InChI is InChI=1S/C17H13ClN2O4/c18-13-4-3-12(9-19)15(8-13)20-16(22)10-24-17(23)7-11-1-5-14(21)6-2-11/h1-6,8,21H,7,10H2,(H,20,22). The number of amides is 1. The summed E-state index contributed by atoms with van der Waals surface area (Å²) in [7, 11) is 0. The third kappa shape index (κ3) is 5.00. The number of carbonyl (C=O) groups is 2. The van der Waals surface area contributed by atoms with Crippen molar-refractivity contribution in [3.8, 4) is 11.8 Å². The number of phenols is 1. The number of aromatic hydroxyl groups is 1. The van der Waals surface area contributed by atoms with E-state index in [1.165, 1.54) is 30.3 Å². The zero-order valence-electron chi connectivity index (χ0n) is 12.5. The lowest BCUT2D eigenvalue weighted by atomic mass is 10.1. The van der Waals surface area contributed by atoms with Crippen molar-refractivity contribution in [1.82, 2.24) is 0 Å². The lowest BCUT2D eigenvalue weighted by molar-refractivity contribution is -0.146. The first-order chi connectivity index (χ1) is 11.5. The van der Waals surface area contributed by atoms with Crippen molar-refractivity contribution in [3.05, 3.63) is 58.6 Å². The molecule has 2 aromatic carbocycles. The number of phenolic OH excluding ortho intramolecular Hbond substituents is 1. The number of ether oxygens (including phenoxy) is 1. The minimum atomic E-state index is -0.581. The average molecular weight is 345 g/mol. The normalized spacial score (nSPS) is 9.83. The third-order valence-electron chi connectivity index (χ3n) is 3.03. The molecule has 2 N–H and O–H groups in total. The fourth-order valence-electron chi connectivity index (χ4n) is 1.88.